The molecule has 1 N–H and O–H groups in total. The van der Waals surface area contributed by atoms with Crippen LogP contribution in [0.15, 0.2) is 0 Å². The number of hydrogen-bond acceptors (Lipinski definition) is 1. The fourth-order valence-electron chi connectivity index (χ4n) is 2.33. The highest BCUT2D eigenvalue weighted by Crippen LogP contribution is 2.52. The molecule has 0 radical (unpaired) electrons. The summed E-state index contributed by atoms with van der Waals surface area (Å²) in [7, 11) is 0. The lowest BCUT2D eigenvalue weighted by molar-refractivity contribution is -0.143. The zero-order valence-corrected chi connectivity index (χ0v) is 7.49. The summed E-state index contributed by atoms with van der Waals surface area (Å²) in [6, 6.07) is 0. The third kappa shape index (κ3) is 1.47. The van der Waals surface area contributed by atoms with E-state index in [1.54, 1.807) is 0 Å². The van der Waals surface area contributed by atoms with Crippen molar-refractivity contribution in [3.8, 4) is 0 Å². The molecule has 2 aliphatic rings. The minimum atomic E-state index is -0.598. The third-order valence-corrected chi connectivity index (χ3v) is 3.30. The molecule has 2 aliphatic carbocycles. The van der Waals surface area contributed by atoms with Gasteiger partial charge >= 0.3 is 5.97 Å². The van der Waals surface area contributed by atoms with Gasteiger partial charge in [0.15, 0.2) is 0 Å². The monoisotopic (exact) mass is 168 g/mol. The SMILES string of the molecule is C[C@H](C(=O)O)C(C1CC1)C1CC1. The molecule has 2 heteroatoms. The van der Waals surface area contributed by atoms with Crippen molar-refractivity contribution in [3.63, 3.8) is 0 Å². The van der Waals surface area contributed by atoms with E-state index < -0.39 is 5.97 Å². The summed E-state index contributed by atoms with van der Waals surface area (Å²) in [5.74, 6) is 1.30. The van der Waals surface area contributed by atoms with Gasteiger partial charge in [-0.05, 0) is 43.4 Å². The lowest BCUT2D eigenvalue weighted by atomic mass is 9.85. The van der Waals surface area contributed by atoms with Gasteiger partial charge in [0.05, 0.1) is 5.92 Å². The lowest BCUT2D eigenvalue weighted by Crippen LogP contribution is -2.23. The van der Waals surface area contributed by atoms with Gasteiger partial charge in [0.2, 0.25) is 0 Å². The van der Waals surface area contributed by atoms with Crippen LogP contribution < -0.4 is 0 Å². The summed E-state index contributed by atoms with van der Waals surface area (Å²) >= 11 is 0. The Kier molecular flexibility index (Phi) is 1.85. The molecule has 0 spiro atoms. The van der Waals surface area contributed by atoms with E-state index >= 15 is 0 Å². The Morgan fingerprint density at radius 1 is 1.25 bits per heavy atom. The van der Waals surface area contributed by atoms with Gasteiger partial charge in [-0.1, -0.05) is 6.92 Å². The first-order chi connectivity index (χ1) is 5.70. The molecular weight excluding hydrogens is 152 g/mol. The van der Waals surface area contributed by atoms with Crippen LogP contribution in [0.25, 0.3) is 0 Å². The summed E-state index contributed by atoms with van der Waals surface area (Å²) in [6.07, 6.45) is 5.11. The molecule has 2 saturated carbocycles. The summed E-state index contributed by atoms with van der Waals surface area (Å²) in [6.45, 7) is 1.88. The molecular formula is C10H16O2. The first-order valence-corrected chi connectivity index (χ1v) is 4.93. The van der Waals surface area contributed by atoms with E-state index in [1.807, 2.05) is 6.92 Å². The predicted molar refractivity (Wildman–Crippen MR) is 45.7 cm³/mol. The molecule has 2 nitrogen and oxygen atoms in total. The van der Waals surface area contributed by atoms with Crippen LogP contribution in [0.3, 0.4) is 0 Å². The molecule has 0 aliphatic heterocycles. The average Bonchev–Trinajstić information content (AvgIpc) is 2.81. The van der Waals surface area contributed by atoms with Crippen LogP contribution in [0.4, 0.5) is 0 Å². The minimum absolute atomic E-state index is 0.106. The maximum Gasteiger partial charge on any atom is 0.306 e. The van der Waals surface area contributed by atoms with Crippen LogP contribution in [-0.4, -0.2) is 11.1 Å². The number of rotatable bonds is 4. The zero-order valence-electron chi connectivity index (χ0n) is 7.49. The van der Waals surface area contributed by atoms with Gasteiger partial charge in [-0.15, -0.1) is 0 Å². The Balaban J connectivity index is 1.99. The molecule has 0 aromatic carbocycles. The van der Waals surface area contributed by atoms with Crippen molar-refractivity contribution in [2.45, 2.75) is 32.6 Å². The Hall–Kier alpha value is -0.530. The minimum Gasteiger partial charge on any atom is -0.481 e. The molecule has 0 heterocycles. The molecule has 0 aromatic rings. The highest BCUT2D eigenvalue weighted by Gasteiger charge is 2.45. The number of carboxylic acids is 1. The summed E-state index contributed by atoms with van der Waals surface area (Å²) < 4.78 is 0. The van der Waals surface area contributed by atoms with Gasteiger partial charge in [0, 0.05) is 0 Å². The first-order valence-electron chi connectivity index (χ1n) is 4.93. The van der Waals surface area contributed by atoms with E-state index in [0.29, 0.717) is 5.92 Å². The Morgan fingerprint density at radius 3 is 1.92 bits per heavy atom. The van der Waals surface area contributed by atoms with E-state index in [1.165, 1.54) is 25.7 Å². The third-order valence-electron chi connectivity index (χ3n) is 3.30. The fraction of sp³-hybridized carbons (Fsp3) is 0.900. The van der Waals surface area contributed by atoms with Crippen molar-refractivity contribution in [2.75, 3.05) is 0 Å². The number of aliphatic carboxylic acids is 1. The molecule has 2 fully saturated rings. The van der Waals surface area contributed by atoms with E-state index in [9.17, 15) is 4.79 Å². The van der Waals surface area contributed by atoms with E-state index in [2.05, 4.69) is 0 Å². The van der Waals surface area contributed by atoms with Crippen molar-refractivity contribution in [1.82, 2.24) is 0 Å². The smallest absolute Gasteiger partial charge is 0.306 e. The zero-order chi connectivity index (χ0) is 8.72. The highest BCUT2D eigenvalue weighted by molar-refractivity contribution is 5.70. The number of hydrogen-bond donors (Lipinski definition) is 1. The Labute approximate surface area is 73.0 Å². The normalized spacial score (nSPS) is 25.8. The summed E-state index contributed by atoms with van der Waals surface area (Å²) in [5.41, 5.74) is 0. The van der Waals surface area contributed by atoms with Gasteiger partial charge in [0.1, 0.15) is 0 Å². The fourth-order valence-corrected chi connectivity index (χ4v) is 2.33. The second-order valence-electron chi connectivity index (χ2n) is 4.38. The van der Waals surface area contributed by atoms with Gasteiger partial charge in [-0.25, -0.2) is 0 Å². The van der Waals surface area contributed by atoms with Crippen LogP contribution >= 0.6 is 0 Å². The molecule has 0 bridgehead atoms. The standard InChI is InChI=1S/C10H16O2/c1-6(10(11)12)9(7-2-3-7)8-4-5-8/h6-9H,2-5H2,1H3,(H,11,12)/t6-/m0/s1. The van der Waals surface area contributed by atoms with Crippen molar-refractivity contribution in [3.05, 3.63) is 0 Å². The van der Waals surface area contributed by atoms with E-state index in [-0.39, 0.29) is 5.92 Å². The molecule has 2 rings (SSSR count). The van der Waals surface area contributed by atoms with Crippen LogP contribution in [0.5, 0.6) is 0 Å². The second-order valence-corrected chi connectivity index (χ2v) is 4.38. The number of carboxylic acid groups (broad SMARTS) is 1. The predicted octanol–water partition coefficient (Wildman–Crippen LogP) is 2.14. The highest BCUT2D eigenvalue weighted by atomic mass is 16.4. The molecule has 1 atom stereocenters. The second kappa shape index (κ2) is 2.75. The molecule has 0 aromatic heterocycles. The first kappa shape index (κ1) is 8.09. The molecule has 12 heavy (non-hydrogen) atoms. The molecule has 68 valence electrons. The number of carbonyl (C=O) groups is 1. The van der Waals surface area contributed by atoms with Crippen LogP contribution in [0.1, 0.15) is 32.6 Å². The van der Waals surface area contributed by atoms with Gasteiger partial charge in [0.25, 0.3) is 0 Å². The van der Waals surface area contributed by atoms with Crippen LogP contribution in [-0.2, 0) is 4.79 Å². The maximum atomic E-state index is 10.8. The Morgan fingerprint density at radius 2 is 1.67 bits per heavy atom. The average molecular weight is 168 g/mol. The van der Waals surface area contributed by atoms with Gasteiger partial charge < -0.3 is 5.11 Å². The Bertz CT molecular complexity index is 180. The topological polar surface area (TPSA) is 37.3 Å². The molecule has 0 amide bonds. The summed E-state index contributed by atoms with van der Waals surface area (Å²) in [4.78, 5) is 10.8. The maximum absolute atomic E-state index is 10.8. The quantitative estimate of drug-likeness (QED) is 0.698. The van der Waals surface area contributed by atoms with Gasteiger partial charge in [-0.3, -0.25) is 4.79 Å². The lowest BCUT2D eigenvalue weighted by Gasteiger charge is -2.19. The van der Waals surface area contributed by atoms with Crippen molar-refractivity contribution < 1.29 is 9.90 Å². The molecule has 0 saturated heterocycles. The molecule has 0 unspecified atom stereocenters. The van der Waals surface area contributed by atoms with E-state index in [0.717, 1.165) is 11.8 Å². The largest absolute Gasteiger partial charge is 0.481 e. The van der Waals surface area contributed by atoms with Crippen molar-refractivity contribution in [1.29, 1.82) is 0 Å². The van der Waals surface area contributed by atoms with E-state index in [4.69, 9.17) is 5.11 Å². The van der Waals surface area contributed by atoms with Crippen LogP contribution in [0, 0.1) is 23.7 Å². The van der Waals surface area contributed by atoms with Gasteiger partial charge in [-0.2, -0.15) is 0 Å². The summed E-state index contributed by atoms with van der Waals surface area (Å²) in [5, 5.41) is 8.91. The van der Waals surface area contributed by atoms with Crippen molar-refractivity contribution in [2.24, 2.45) is 23.7 Å². The van der Waals surface area contributed by atoms with Crippen molar-refractivity contribution >= 4 is 5.97 Å². The van der Waals surface area contributed by atoms with Crippen LogP contribution in [0.2, 0.25) is 0 Å².